The van der Waals surface area contributed by atoms with Crippen LogP contribution >= 0.6 is 0 Å². The molecular formula is C38H58N2O8. The summed E-state index contributed by atoms with van der Waals surface area (Å²) < 4.78 is 35.1. The van der Waals surface area contributed by atoms with E-state index in [1.54, 1.807) is 6.92 Å². The number of amides is 1. The zero-order valence-electron chi connectivity index (χ0n) is 30.6. The zero-order valence-corrected chi connectivity index (χ0v) is 30.6. The Kier molecular flexibility index (Phi) is 16.4. The average Bonchev–Trinajstić information content (AvgIpc) is 3.02. The second-order valence-electron chi connectivity index (χ2n) is 13.4. The quantitative estimate of drug-likeness (QED) is 0.0606. The molecule has 0 fully saturated rings. The van der Waals surface area contributed by atoms with Crippen molar-refractivity contribution in [2.45, 2.75) is 91.1 Å². The zero-order chi connectivity index (χ0) is 35.8. The van der Waals surface area contributed by atoms with Gasteiger partial charge in [0.05, 0.1) is 32.0 Å². The summed E-state index contributed by atoms with van der Waals surface area (Å²) in [5.41, 5.74) is -0.546. The lowest BCUT2D eigenvalue weighted by molar-refractivity contribution is -0.141. The van der Waals surface area contributed by atoms with Crippen molar-refractivity contribution in [3.63, 3.8) is 0 Å². The summed E-state index contributed by atoms with van der Waals surface area (Å²) in [4.78, 5) is 26.4. The van der Waals surface area contributed by atoms with E-state index in [2.05, 4.69) is 30.6 Å². The van der Waals surface area contributed by atoms with Crippen molar-refractivity contribution in [2.75, 3.05) is 53.2 Å². The Bertz CT molecular complexity index is 1260. The Labute approximate surface area is 288 Å². The molecule has 10 heteroatoms. The van der Waals surface area contributed by atoms with Crippen LogP contribution < -0.4 is 14.8 Å². The lowest BCUT2D eigenvalue weighted by Crippen LogP contribution is -2.47. The third-order valence-electron chi connectivity index (χ3n) is 8.11. The SMILES string of the molecule is C=C(C)C(=O)OCCNC(=O)OC(C)(C)C(COC(C)(C)N(C)CCCOC(C)(C)CCOc1ccc(OCC)cc1)c1ccccc1. The molecule has 1 atom stereocenters. The molecule has 268 valence electrons. The molecular weight excluding hydrogens is 612 g/mol. The summed E-state index contributed by atoms with van der Waals surface area (Å²) in [6, 6.07) is 17.5. The van der Waals surface area contributed by atoms with Gasteiger partial charge in [-0.1, -0.05) is 36.9 Å². The normalized spacial score (nSPS) is 12.7. The minimum atomic E-state index is -0.912. The van der Waals surface area contributed by atoms with Crippen LogP contribution in [0.5, 0.6) is 11.5 Å². The molecule has 1 N–H and O–H groups in total. The van der Waals surface area contributed by atoms with Gasteiger partial charge in [-0.05, 0) is 98.7 Å². The summed E-state index contributed by atoms with van der Waals surface area (Å²) in [5.74, 6) is 0.883. The fraction of sp³-hybridized carbons (Fsp3) is 0.579. The average molecular weight is 671 g/mol. The number of alkyl carbamates (subject to hydrolysis) is 1. The van der Waals surface area contributed by atoms with Crippen LogP contribution in [0, 0.1) is 0 Å². The van der Waals surface area contributed by atoms with Gasteiger partial charge in [-0.15, -0.1) is 0 Å². The van der Waals surface area contributed by atoms with Gasteiger partial charge in [0.25, 0.3) is 0 Å². The third kappa shape index (κ3) is 14.7. The van der Waals surface area contributed by atoms with Crippen molar-refractivity contribution in [3.05, 3.63) is 72.3 Å². The molecule has 0 bridgehead atoms. The van der Waals surface area contributed by atoms with E-state index in [0.29, 0.717) is 32.0 Å². The van der Waals surface area contributed by atoms with Crippen molar-refractivity contribution >= 4 is 12.1 Å². The standard InChI is InChI=1S/C38H58N2O8/c1-11-43-31-18-20-32(21-19-31)44-26-22-36(4,5)46-25-15-24-40(10)38(8,9)47-28-33(30-16-13-12-14-17-30)37(6,7)48-35(42)39-23-27-45-34(41)29(2)3/h12-14,16-21,33H,2,11,15,22-28H2,1,3-10H3,(H,39,42). The Morgan fingerprint density at radius 2 is 1.50 bits per heavy atom. The van der Waals surface area contributed by atoms with Gasteiger partial charge in [0.15, 0.2) is 0 Å². The molecule has 2 aromatic rings. The molecule has 10 nitrogen and oxygen atoms in total. The van der Waals surface area contributed by atoms with Crippen LogP contribution in [0.15, 0.2) is 66.7 Å². The molecule has 0 spiro atoms. The Hall–Kier alpha value is -3.60. The van der Waals surface area contributed by atoms with E-state index in [4.69, 9.17) is 28.4 Å². The summed E-state index contributed by atoms with van der Waals surface area (Å²) in [6.07, 6.45) is 0.976. The largest absolute Gasteiger partial charge is 0.494 e. The monoisotopic (exact) mass is 670 g/mol. The highest BCUT2D eigenvalue weighted by Gasteiger charge is 2.37. The molecule has 0 saturated heterocycles. The van der Waals surface area contributed by atoms with Crippen LogP contribution in [0.4, 0.5) is 4.79 Å². The molecule has 0 aromatic heterocycles. The highest BCUT2D eigenvalue weighted by atomic mass is 16.6. The maximum absolute atomic E-state index is 12.7. The molecule has 2 aromatic carbocycles. The van der Waals surface area contributed by atoms with Crippen molar-refractivity contribution in [3.8, 4) is 11.5 Å². The molecule has 0 heterocycles. The number of nitrogens with one attached hydrogen (secondary N) is 1. The van der Waals surface area contributed by atoms with E-state index >= 15 is 0 Å². The minimum Gasteiger partial charge on any atom is -0.494 e. The molecule has 0 radical (unpaired) electrons. The number of esters is 1. The first kappa shape index (κ1) is 40.6. The van der Waals surface area contributed by atoms with Crippen LogP contribution in [0.2, 0.25) is 0 Å². The van der Waals surface area contributed by atoms with Gasteiger partial charge in [-0.25, -0.2) is 9.59 Å². The topological polar surface area (TPSA) is 105 Å². The number of hydrogen-bond acceptors (Lipinski definition) is 9. The van der Waals surface area contributed by atoms with Crippen LogP contribution in [0.1, 0.15) is 79.7 Å². The fourth-order valence-electron chi connectivity index (χ4n) is 4.75. The van der Waals surface area contributed by atoms with E-state index in [9.17, 15) is 9.59 Å². The molecule has 0 aliphatic carbocycles. The number of carbonyl (C=O) groups excluding carboxylic acids is 2. The van der Waals surface area contributed by atoms with E-state index in [1.807, 2.05) is 96.3 Å². The summed E-state index contributed by atoms with van der Waals surface area (Å²) in [6.45, 7) is 22.1. The van der Waals surface area contributed by atoms with Crippen LogP contribution in [0.25, 0.3) is 0 Å². The van der Waals surface area contributed by atoms with Gasteiger partial charge >= 0.3 is 12.1 Å². The second-order valence-corrected chi connectivity index (χ2v) is 13.4. The predicted molar refractivity (Wildman–Crippen MR) is 189 cm³/mol. The van der Waals surface area contributed by atoms with Crippen molar-refractivity contribution in [2.24, 2.45) is 0 Å². The Morgan fingerprint density at radius 3 is 2.10 bits per heavy atom. The number of nitrogens with zero attached hydrogens (tertiary/aromatic N) is 1. The van der Waals surface area contributed by atoms with E-state index < -0.39 is 23.4 Å². The van der Waals surface area contributed by atoms with Gasteiger partial charge in [-0.3, -0.25) is 4.90 Å². The lowest BCUT2D eigenvalue weighted by Gasteiger charge is -2.40. The van der Waals surface area contributed by atoms with Gasteiger partial charge in [0, 0.05) is 31.1 Å². The van der Waals surface area contributed by atoms with Crippen molar-refractivity contribution < 1.29 is 38.0 Å². The van der Waals surface area contributed by atoms with Crippen LogP contribution in [-0.2, 0) is 23.7 Å². The first-order chi connectivity index (χ1) is 22.6. The number of rotatable bonds is 22. The van der Waals surface area contributed by atoms with Gasteiger partial charge in [-0.2, -0.15) is 0 Å². The second kappa shape index (κ2) is 19.4. The molecule has 48 heavy (non-hydrogen) atoms. The lowest BCUT2D eigenvalue weighted by atomic mass is 9.85. The Morgan fingerprint density at radius 1 is 0.875 bits per heavy atom. The first-order valence-electron chi connectivity index (χ1n) is 16.8. The first-order valence-corrected chi connectivity index (χ1v) is 16.8. The number of carbonyl (C=O) groups is 2. The molecule has 1 amide bonds. The highest BCUT2D eigenvalue weighted by Crippen LogP contribution is 2.33. The van der Waals surface area contributed by atoms with E-state index in [0.717, 1.165) is 36.4 Å². The van der Waals surface area contributed by atoms with Gasteiger partial charge in [0.2, 0.25) is 0 Å². The summed E-state index contributed by atoms with van der Waals surface area (Å²) >= 11 is 0. The van der Waals surface area contributed by atoms with E-state index in [-0.39, 0.29) is 24.7 Å². The van der Waals surface area contributed by atoms with Crippen LogP contribution in [-0.4, -0.2) is 87.1 Å². The Balaban J connectivity index is 1.84. The summed E-state index contributed by atoms with van der Waals surface area (Å²) in [5, 5.41) is 2.65. The maximum atomic E-state index is 12.7. The molecule has 0 aliphatic rings. The molecule has 1 unspecified atom stereocenters. The predicted octanol–water partition coefficient (Wildman–Crippen LogP) is 7.13. The highest BCUT2D eigenvalue weighted by molar-refractivity contribution is 5.86. The number of hydrogen-bond donors (Lipinski definition) is 1. The smallest absolute Gasteiger partial charge is 0.407 e. The van der Waals surface area contributed by atoms with Gasteiger partial charge in [0.1, 0.15) is 29.4 Å². The van der Waals surface area contributed by atoms with Crippen molar-refractivity contribution in [1.29, 1.82) is 0 Å². The molecule has 0 saturated carbocycles. The van der Waals surface area contributed by atoms with Crippen molar-refractivity contribution in [1.82, 2.24) is 10.2 Å². The summed E-state index contributed by atoms with van der Waals surface area (Å²) in [7, 11) is 2.03. The fourth-order valence-corrected chi connectivity index (χ4v) is 4.75. The van der Waals surface area contributed by atoms with Gasteiger partial charge < -0.3 is 33.7 Å². The third-order valence-corrected chi connectivity index (χ3v) is 8.11. The number of ether oxygens (including phenoxy) is 6. The molecule has 0 aliphatic heterocycles. The number of benzene rings is 2. The van der Waals surface area contributed by atoms with E-state index in [1.165, 1.54) is 0 Å². The van der Waals surface area contributed by atoms with Crippen LogP contribution in [0.3, 0.4) is 0 Å². The minimum absolute atomic E-state index is 0.0224. The maximum Gasteiger partial charge on any atom is 0.407 e. The molecule has 2 rings (SSSR count).